The van der Waals surface area contributed by atoms with Crippen molar-refractivity contribution >= 4 is 32.7 Å². The lowest BCUT2D eigenvalue weighted by Gasteiger charge is -2.26. The number of nitrogens with zero attached hydrogens (tertiary/aromatic N) is 4. The zero-order valence-corrected chi connectivity index (χ0v) is 27.5. The quantitative estimate of drug-likeness (QED) is 0.225. The van der Waals surface area contributed by atoms with Crippen LogP contribution < -0.4 is 9.62 Å². The largest absolute Gasteiger partial charge is 0.490 e. The predicted octanol–water partition coefficient (Wildman–Crippen LogP) is 5.93. The van der Waals surface area contributed by atoms with Gasteiger partial charge in [0.1, 0.15) is 5.82 Å². The van der Waals surface area contributed by atoms with Crippen molar-refractivity contribution in [3.8, 4) is 0 Å². The average molecular weight is 672 g/mol. The summed E-state index contributed by atoms with van der Waals surface area (Å²) in [6, 6.07) is 23.6. The summed E-state index contributed by atoms with van der Waals surface area (Å²) in [6.07, 6.45) is 0.00920. The number of carboxylic acid groups (broad SMARTS) is 1. The van der Waals surface area contributed by atoms with Gasteiger partial charge in [0.25, 0.3) is 0 Å². The highest BCUT2D eigenvalue weighted by Gasteiger charge is 2.38. The molecule has 9 nitrogen and oxygen atoms in total. The van der Waals surface area contributed by atoms with Crippen LogP contribution in [0.15, 0.2) is 83.9 Å². The number of halogens is 3. The third kappa shape index (κ3) is 10.2. The van der Waals surface area contributed by atoms with Crippen molar-refractivity contribution in [1.29, 1.82) is 0 Å². The number of aromatic nitrogens is 2. The molecule has 5 rings (SSSR count). The maximum Gasteiger partial charge on any atom is 0.490 e. The molecule has 1 aliphatic heterocycles. The molecule has 1 saturated heterocycles. The predicted molar refractivity (Wildman–Crippen MR) is 176 cm³/mol. The number of hydrogen-bond acceptors (Lipinski definition) is 7. The monoisotopic (exact) mass is 671 g/mol. The van der Waals surface area contributed by atoms with Gasteiger partial charge in [-0.2, -0.15) is 13.2 Å². The Morgan fingerprint density at radius 3 is 2.34 bits per heavy atom. The van der Waals surface area contributed by atoms with Gasteiger partial charge in [0.05, 0.1) is 16.0 Å². The first-order valence-electron chi connectivity index (χ1n) is 15.3. The molecule has 1 aliphatic rings. The van der Waals surface area contributed by atoms with E-state index in [1.807, 2.05) is 51.1 Å². The van der Waals surface area contributed by atoms with E-state index in [0.29, 0.717) is 0 Å². The number of carboxylic acids is 1. The SMILES string of the molecule is Cc1ccc(C(C)(C)NS(=O)(=O)c2ccc3nc(N4CCCN(CCCc5ccccc5)CC4)ccc3c2)cn1.O=C(O)C(F)(F)F. The van der Waals surface area contributed by atoms with Gasteiger partial charge < -0.3 is 14.9 Å². The van der Waals surface area contributed by atoms with E-state index < -0.39 is 27.7 Å². The van der Waals surface area contributed by atoms with Gasteiger partial charge in [-0.25, -0.2) is 22.9 Å². The number of fused-ring (bicyclic) bond motifs is 1. The summed E-state index contributed by atoms with van der Waals surface area (Å²) in [4.78, 5) is 23.3. The van der Waals surface area contributed by atoms with Crippen LogP contribution in [0.3, 0.4) is 0 Å². The Hall–Kier alpha value is -4.07. The van der Waals surface area contributed by atoms with E-state index in [1.54, 1.807) is 18.3 Å². The molecule has 3 heterocycles. The number of aryl methyl sites for hydroxylation is 2. The van der Waals surface area contributed by atoms with Crippen LogP contribution in [0.4, 0.5) is 19.0 Å². The lowest BCUT2D eigenvalue weighted by molar-refractivity contribution is -0.192. The second-order valence-electron chi connectivity index (χ2n) is 12.0. The number of pyridine rings is 2. The Morgan fingerprint density at radius 2 is 1.68 bits per heavy atom. The minimum Gasteiger partial charge on any atom is -0.475 e. The fourth-order valence-electron chi connectivity index (χ4n) is 5.30. The van der Waals surface area contributed by atoms with Crippen molar-refractivity contribution in [3.63, 3.8) is 0 Å². The number of aliphatic carboxylic acids is 1. The molecule has 1 fully saturated rings. The molecule has 0 bridgehead atoms. The van der Waals surface area contributed by atoms with Crippen LogP contribution in [0, 0.1) is 6.92 Å². The van der Waals surface area contributed by atoms with Crippen molar-refractivity contribution in [3.05, 3.63) is 95.8 Å². The van der Waals surface area contributed by atoms with Crippen molar-refractivity contribution in [2.45, 2.75) is 56.6 Å². The van der Waals surface area contributed by atoms with Crippen LogP contribution in [0.5, 0.6) is 0 Å². The molecule has 0 aliphatic carbocycles. The molecule has 47 heavy (non-hydrogen) atoms. The fourth-order valence-corrected chi connectivity index (χ4v) is 6.74. The smallest absolute Gasteiger partial charge is 0.475 e. The van der Waals surface area contributed by atoms with Gasteiger partial charge in [-0.05, 0) is 101 Å². The fraction of sp³-hybridized carbons (Fsp3) is 0.382. The van der Waals surface area contributed by atoms with Gasteiger partial charge in [0, 0.05) is 36.9 Å². The van der Waals surface area contributed by atoms with E-state index in [2.05, 4.69) is 49.8 Å². The molecule has 13 heteroatoms. The van der Waals surface area contributed by atoms with Crippen LogP contribution in [0.1, 0.15) is 43.5 Å². The highest BCUT2D eigenvalue weighted by Crippen LogP contribution is 2.26. The molecule has 2 N–H and O–H groups in total. The Balaban J connectivity index is 0.000000644. The van der Waals surface area contributed by atoms with Crippen LogP contribution in [0.2, 0.25) is 0 Å². The van der Waals surface area contributed by atoms with Crippen LogP contribution in [-0.4, -0.2) is 73.3 Å². The highest BCUT2D eigenvalue weighted by molar-refractivity contribution is 7.89. The molecule has 2 aromatic heterocycles. The number of rotatable bonds is 9. The number of carbonyl (C=O) groups is 1. The van der Waals surface area contributed by atoms with Gasteiger partial charge in [-0.1, -0.05) is 36.4 Å². The van der Waals surface area contributed by atoms with E-state index in [1.165, 1.54) is 5.56 Å². The minimum absolute atomic E-state index is 0.226. The number of anilines is 1. The number of benzene rings is 2. The van der Waals surface area contributed by atoms with Gasteiger partial charge >= 0.3 is 12.1 Å². The van der Waals surface area contributed by atoms with E-state index in [-0.39, 0.29) is 4.90 Å². The molecule has 4 aromatic rings. The van der Waals surface area contributed by atoms with Crippen LogP contribution in [0.25, 0.3) is 10.9 Å². The Kier molecular flexibility index (Phi) is 11.6. The highest BCUT2D eigenvalue weighted by atomic mass is 32.2. The number of hydrogen-bond donors (Lipinski definition) is 2. The third-order valence-electron chi connectivity index (χ3n) is 7.92. The van der Waals surface area contributed by atoms with E-state index >= 15 is 0 Å². The summed E-state index contributed by atoms with van der Waals surface area (Å²) in [5, 5.41) is 7.93. The molecular weight excluding hydrogens is 631 g/mol. The first-order chi connectivity index (χ1) is 22.1. The molecule has 0 unspecified atom stereocenters. The molecule has 0 saturated carbocycles. The molecule has 2 aromatic carbocycles. The van der Waals surface area contributed by atoms with Gasteiger partial charge in [-0.3, -0.25) is 4.98 Å². The maximum atomic E-state index is 13.3. The lowest BCUT2D eigenvalue weighted by Crippen LogP contribution is -2.41. The number of nitrogens with one attached hydrogen (secondary N) is 1. The second kappa shape index (κ2) is 15.2. The Bertz CT molecular complexity index is 1750. The van der Waals surface area contributed by atoms with E-state index in [0.717, 1.165) is 80.0 Å². The van der Waals surface area contributed by atoms with Crippen molar-refractivity contribution in [1.82, 2.24) is 19.6 Å². The molecule has 252 valence electrons. The molecule has 0 amide bonds. The van der Waals surface area contributed by atoms with Crippen molar-refractivity contribution in [2.75, 3.05) is 37.6 Å². The summed E-state index contributed by atoms with van der Waals surface area (Å²) < 4.78 is 61.2. The maximum absolute atomic E-state index is 13.3. The summed E-state index contributed by atoms with van der Waals surface area (Å²) in [5.41, 5.74) is 3.08. The Labute approximate surface area is 273 Å². The minimum atomic E-state index is -5.08. The molecule has 0 spiro atoms. The molecule has 0 atom stereocenters. The topological polar surface area (TPSA) is 116 Å². The number of sulfonamides is 1. The third-order valence-corrected chi connectivity index (χ3v) is 9.57. The van der Waals surface area contributed by atoms with Crippen molar-refractivity contribution in [2.24, 2.45) is 0 Å². The van der Waals surface area contributed by atoms with Crippen LogP contribution >= 0.6 is 0 Å². The van der Waals surface area contributed by atoms with E-state index in [9.17, 15) is 21.6 Å². The van der Waals surface area contributed by atoms with Gasteiger partial charge in [0.2, 0.25) is 10.0 Å². The summed E-state index contributed by atoms with van der Waals surface area (Å²) in [6.45, 7) is 10.7. The summed E-state index contributed by atoms with van der Waals surface area (Å²) in [7, 11) is -3.76. The standard InChI is InChI=1S/C32H39N5O2S.C2HF3O2/c1-25-12-14-28(24-33-25)32(2,3)35-40(38,39)29-15-16-30-27(23-29)13-17-31(34-30)37-20-8-19-36(21-22-37)18-7-11-26-9-5-4-6-10-26;3-2(4,5)1(6)7/h4-6,9-10,12-17,23-24,35H,7-8,11,18-22H2,1-3H3;(H,6,7). The summed E-state index contributed by atoms with van der Waals surface area (Å²) in [5.74, 6) is -1.81. The first kappa shape index (κ1) is 35.8. The normalized spacial score (nSPS) is 14.7. The lowest BCUT2D eigenvalue weighted by atomic mass is 9.97. The average Bonchev–Trinajstić information content (AvgIpc) is 3.26. The van der Waals surface area contributed by atoms with E-state index in [4.69, 9.17) is 14.9 Å². The zero-order valence-electron chi connectivity index (χ0n) is 26.7. The number of alkyl halides is 3. The van der Waals surface area contributed by atoms with Gasteiger partial charge in [-0.15, -0.1) is 0 Å². The Morgan fingerprint density at radius 1 is 0.957 bits per heavy atom. The van der Waals surface area contributed by atoms with Gasteiger partial charge in [0.15, 0.2) is 0 Å². The first-order valence-corrected chi connectivity index (χ1v) is 16.8. The zero-order chi connectivity index (χ0) is 34.2. The van der Waals surface area contributed by atoms with Crippen molar-refractivity contribution < 1.29 is 31.5 Å². The molecular formula is C34H40F3N5O4S. The summed E-state index contributed by atoms with van der Waals surface area (Å²) >= 11 is 0. The second-order valence-corrected chi connectivity index (χ2v) is 13.7. The van der Waals surface area contributed by atoms with Crippen LogP contribution in [-0.2, 0) is 26.8 Å². The molecule has 0 radical (unpaired) electrons.